The number of rotatable bonds is 2. The molecule has 1 atom stereocenters. The molecular formula is C11H16N4O3. The Morgan fingerprint density at radius 3 is 3.00 bits per heavy atom. The second kappa shape index (κ2) is 5.07. The van der Waals surface area contributed by atoms with E-state index in [0.717, 1.165) is 12.8 Å². The highest BCUT2D eigenvalue weighted by molar-refractivity contribution is 5.98. The minimum absolute atomic E-state index is 0.199. The Bertz CT molecular complexity index is 457. The lowest BCUT2D eigenvalue weighted by molar-refractivity contribution is -0.146. The molecule has 1 unspecified atom stereocenters. The van der Waals surface area contributed by atoms with E-state index in [2.05, 4.69) is 10.2 Å². The standard InChI is InChI=1S/C11H16N4O3/c1-18-11(17)7-3-2-4-15(6-7)10(16)8-5-13-14-9(8)12/h5,7H,2-4,6H2,1H3,(H3,12,13,14). The van der Waals surface area contributed by atoms with Gasteiger partial charge < -0.3 is 15.4 Å². The van der Waals surface area contributed by atoms with Gasteiger partial charge in [-0.3, -0.25) is 14.7 Å². The molecule has 1 aliphatic heterocycles. The van der Waals surface area contributed by atoms with Crippen LogP contribution in [0, 0.1) is 5.92 Å². The van der Waals surface area contributed by atoms with Crippen molar-refractivity contribution in [3.63, 3.8) is 0 Å². The number of anilines is 1. The van der Waals surface area contributed by atoms with Crippen molar-refractivity contribution < 1.29 is 14.3 Å². The van der Waals surface area contributed by atoms with Gasteiger partial charge >= 0.3 is 5.97 Å². The first-order chi connectivity index (χ1) is 8.63. The summed E-state index contributed by atoms with van der Waals surface area (Å²) < 4.78 is 4.71. The van der Waals surface area contributed by atoms with Crippen molar-refractivity contribution in [3.8, 4) is 0 Å². The number of aromatic nitrogens is 2. The highest BCUT2D eigenvalue weighted by Crippen LogP contribution is 2.20. The number of carbonyl (C=O) groups excluding carboxylic acids is 2. The summed E-state index contributed by atoms with van der Waals surface area (Å²) in [4.78, 5) is 25.3. The molecule has 0 saturated carbocycles. The number of aromatic amines is 1. The second-order valence-electron chi connectivity index (χ2n) is 4.31. The number of hydrogen-bond donors (Lipinski definition) is 2. The maximum Gasteiger partial charge on any atom is 0.310 e. The fourth-order valence-corrected chi connectivity index (χ4v) is 2.16. The highest BCUT2D eigenvalue weighted by atomic mass is 16.5. The summed E-state index contributed by atoms with van der Waals surface area (Å²) >= 11 is 0. The zero-order valence-electron chi connectivity index (χ0n) is 10.2. The van der Waals surface area contributed by atoms with Crippen LogP contribution in [0.3, 0.4) is 0 Å². The van der Waals surface area contributed by atoms with Gasteiger partial charge in [-0.25, -0.2) is 0 Å². The molecule has 18 heavy (non-hydrogen) atoms. The molecule has 0 bridgehead atoms. The third-order valence-electron chi connectivity index (χ3n) is 3.14. The molecule has 0 spiro atoms. The molecule has 0 aromatic carbocycles. The van der Waals surface area contributed by atoms with Crippen LogP contribution in [-0.4, -0.2) is 47.2 Å². The minimum atomic E-state index is -0.271. The first-order valence-corrected chi connectivity index (χ1v) is 5.79. The molecule has 1 aromatic rings. The van der Waals surface area contributed by atoms with Crippen molar-refractivity contribution in [2.45, 2.75) is 12.8 Å². The van der Waals surface area contributed by atoms with Gasteiger partial charge in [0.2, 0.25) is 0 Å². The quantitative estimate of drug-likeness (QED) is 0.722. The molecule has 1 amide bonds. The van der Waals surface area contributed by atoms with Crippen molar-refractivity contribution in [2.75, 3.05) is 25.9 Å². The van der Waals surface area contributed by atoms with E-state index >= 15 is 0 Å². The molecule has 2 rings (SSSR count). The first-order valence-electron chi connectivity index (χ1n) is 5.79. The number of esters is 1. The Morgan fingerprint density at radius 2 is 2.39 bits per heavy atom. The van der Waals surface area contributed by atoms with Gasteiger partial charge in [0.05, 0.1) is 19.2 Å². The lowest BCUT2D eigenvalue weighted by Gasteiger charge is -2.31. The summed E-state index contributed by atoms with van der Waals surface area (Å²) in [6.45, 7) is 0.993. The number of methoxy groups -OCH3 is 1. The zero-order chi connectivity index (χ0) is 13.1. The maximum absolute atomic E-state index is 12.2. The van der Waals surface area contributed by atoms with Gasteiger partial charge in [0.1, 0.15) is 11.4 Å². The van der Waals surface area contributed by atoms with Gasteiger partial charge in [-0.05, 0) is 12.8 Å². The summed E-state index contributed by atoms with van der Waals surface area (Å²) in [5.41, 5.74) is 5.96. The molecule has 3 N–H and O–H groups in total. The van der Waals surface area contributed by atoms with Gasteiger partial charge in [-0.2, -0.15) is 5.10 Å². The van der Waals surface area contributed by atoms with Gasteiger partial charge in [0.15, 0.2) is 0 Å². The lowest BCUT2D eigenvalue weighted by atomic mass is 9.98. The Kier molecular flexibility index (Phi) is 3.50. The van der Waals surface area contributed by atoms with Crippen LogP contribution in [0.25, 0.3) is 0 Å². The van der Waals surface area contributed by atoms with Crippen LogP contribution in [0.5, 0.6) is 0 Å². The molecule has 1 fully saturated rings. The fraction of sp³-hybridized carbons (Fsp3) is 0.545. The first kappa shape index (κ1) is 12.4. The van der Waals surface area contributed by atoms with Crippen molar-refractivity contribution in [3.05, 3.63) is 11.8 Å². The number of piperidine rings is 1. The number of nitrogens with two attached hydrogens (primary N) is 1. The monoisotopic (exact) mass is 252 g/mol. The number of carbonyl (C=O) groups is 2. The van der Waals surface area contributed by atoms with Crippen LogP contribution in [-0.2, 0) is 9.53 Å². The number of hydrogen-bond acceptors (Lipinski definition) is 5. The SMILES string of the molecule is COC(=O)C1CCCN(C(=O)c2cn[nH]c2N)C1. The smallest absolute Gasteiger partial charge is 0.310 e. The van der Waals surface area contributed by atoms with E-state index in [1.807, 2.05) is 0 Å². The number of likely N-dealkylation sites (tertiary alicyclic amines) is 1. The summed E-state index contributed by atoms with van der Waals surface area (Å²) in [6, 6.07) is 0. The number of amides is 1. The topological polar surface area (TPSA) is 101 Å². The van der Waals surface area contributed by atoms with E-state index in [0.29, 0.717) is 18.7 Å². The number of nitrogens with one attached hydrogen (secondary N) is 1. The van der Waals surface area contributed by atoms with Crippen molar-refractivity contribution in [1.82, 2.24) is 15.1 Å². The largest absolute Gasteiger partial charge is 0.469 e. The molecule has 2 heterocycles. The van der Waals surface area contributed by atoms with Crippen LogP contribution in [0.1, 0.15) is 23.2 Å². The zero-order valence-corrected chi connectivity index (χ0v) is 10.2. The molecule has 1 aromatic heterocycles. The number of nitrogens with zero attached hydrogens (tertiary/aromatic N) is 2. The average molecular weight is 252 g/mol. The predicted molar refractivity (Wildman–Crippen MR) is 63.6 cm³/mol. The summed E-state index contributed by atoms with van der Waals surface area (Å²) in [5, 5.41) is 6.24. The van der Waals surface area contributed by atoms with Gasteiger partial charge in [-0.1, -0.05) is 0 Å². The van der Waals surface area contributed by atoms with E-state index < -0.39 is 0 Å². The fourth-order valence-electron chi connectivity index (χ4n) is 2.16. The molecule has 1 saturated heterocycles. The van der Waals surface area contributed by atoms with Crippen LogP contribution < -0.4 is 5.73 Å². The third kappa shape index (κ3) is 2.29. The van der Waals surface area contributed by atoms with Crippen LogP contribution in [0.15, 0.2) is 6.20 Å². The Hall–Kier alpha value is -2.05. The van der Waals surface area contributed by atoms with Crippen molar-refractivity contribution >= 4 is 17.7 Å². The average Bonchev–Trinajstić information content (AvgIpc) is 2.83. The van der Waals surface area contributed by atoms with E-state index in [4.69, 9.17) is 10.5 Å². The minimum Gasteiger partial charge on any atom is -0.469 e. The molecule has 1 aliphatic rings. The van der Waals surface area contributed by atoms with E-state index in [-0.39, 0.29) is 23.6 Å². The molecule has 0 aliphatic carbocycles. The van der Waals surface area contributed by atoms with Crippen LogP contribution >= 0.6 is 0 Å². The summed E-state index contributed by atoms with van der Waals surface area (Å²) in [5.74, 6) is -0.469. The molecule has 98 valence electrons. The Morgan fingerprint density at radius 1 is 1.61 bits per heavy atom. The predicted octanol–water partition coefficient (Wildman–Crippen LogP) is 0.0171. The second-order valence-corrected chi connectivity index (χ2v) is 4.31. The van der Waals surface area contributed by atoms with Crippen LogP contribution in [0.4, 0.5) is 5.82 Å². The maximum atomic E-state index is 12.2. The summed E-state index contributed by atoms with van der Waals surface area (Å²) in [6.07, 6.45) is 2.93. The molecular weight excluding hydrogens is 236 g/mol. The number of ether oxygens (including phenoxy) is 1. The Balaban J connectivity index is 2.07. The Labute approximate surface area is 104 Å². The lowest BCUT2D eigenvalue weighted by Crippen LogP contribution is -2.42. The van der Waals surface area contributed by atoms with E-state index in [9.17, 15) is 9.59 Å². The summed E-state index contributed by atoms with van der Waals surface area (Å²) in [7, 11) is 1.36. The third-order valence-corrected chi connectivity index (χ3v) is 3.14. The highest BCUT2D eigenvalue weighted by Gasteiger charge is 2.30. The number of H-pyrrole nitrogens is 1. The molecule has 0 radical (unpaired) electrons. The molecule has 7 heteroatoms. The molecule has 7 nitrogen and oxygen atoms in total. The van der Waals surface area contributed by atoms with Gasteiger partial charge in [-0.15, -0.1) is 0 Å². The normalized spacial score (nSPS) is 19.6. The number of nitrogen functional groups attached to an aromatic ring is 1. The van der Waals surface area contributed by atoms with E-state index in [1.165, 1.54) is 13.3 Å². The van der Waals surface area contributed by atoms with Gasteiger partial charge in [0.25, 0.3) is 5.91 Å². The van der Waals surface area contributed by atoms with Crippen molar-refractivity contribution in [1.29, 1.82) is 0 Å². The van der Waals surface area contributed by atoms with E-state index in [1.54, 1.807) is 4.90 Å². The van der Waals surface area contributed by atoms with Crippen LogP contribution in [0.2, 0.25) is 0 Å². The van der Waals surface area contributed by atoms with Crippen molar-refractivity contribution in [2.24, 2.45) is 5.92 Å². The van der Waals surface area contributed by atoms with Gasteiger partial charge in [0, 0.05) is 13.1 Å².